The molecule has 0 bridgehead atoms. The van der Waals surface area contributed by atoms with Crippen molar-refractivity contribution in [2.45, 2.75) is 18.4 Å². The molecule has 0 amide bonds. The van der Waals surface area contributed by atoms with Crippen molar-refractivity contribution in [3.05, 3.63) is 71.8 Å². The van der Waals surface area contributed by atoms with Gasteiger partial charge >= 0.3 is 0 Å². The van der Waals surface area contributed by atoms with Crippen LogP contribution >= 0.6 is 0 Å². The maximum Gasteiger partial charge on any atom is 0.115 e. The molecular weight excluding hydrogens is 256 g/mol. The van der Waals surface area contributed by atoms with Crippen molar-refractivity contribution < 1.29 is 0 Å². The predicted octanol–water partition coefficient (Wildman–Crippen LogP) is 2.96. The molecule has 0 atom stereocenters. The van der Waals surface area contributed by atoms with Gasteiger partial charge in [-0.25, -0.2) is 0 Å². The zero-order chi connectivity index (χ0) is 15.0. The van der Waals surface area contributed by atoms with E-state index in [1.807, 2.05) is 60.7 Å². The number of rotatable bonds is 6. The maximum absolute atomic E-state index is 9.74. The number of benzene rings is 2. The Morgan fingerprint density at radius 2 is 1.38 bits per heavy atom. The van der Waals surface area contributed by atoms with Crippen LogP contribution in [0.25, 0.3) is 0 Å². The van der Waals surface area contributed by atoms with Crippen LogP contribution in [0, 0.1) is 23.7 Å². The highest BCUT2D eigenvalue weighted by molar-refractivity contribution is 5.28. The molecule has 1 N–H and O–H groups in total. The zero-order valence-corrected chi connectivity index (χ0v) is 11.9. The molecule has 0 aliphatic heterocycles. The van der Waals surface area contributed by atoms with Gasteiger partial charge in [-0.15, -0.1) is 6.42 Å². The first kappa shape index (κ1) is 14.9. The molecule has 0 aromatic heterocycles. The Labute approximate surface area is 126 Å². The normalized spacial score (nSPS) is 10.6. The van der Waals surface area contributed by atoms with E-state index in [0.29, 0.717) is 19.4 Å². The summed E-state index contributed by atoms with van der Waals surface area (Å²) in [6.45, 7) is 0.382. The smallest absolute Gasteiger partial charge is 0.115 e. The molecule has 2 rings (SSSR count). The van der Waals surface area contributed by atoms with E-state index in [1.54, 1.807) is 0 Å². The van der Waals surface area contributed by atoms with Crippen LogP contribution in [0.3, 0.4) is 0 Å². The summed E-state index contributed by atoms with van der Waals surface area (Å²) in [7, 11) is 0. The number of nitrogens with one attached hydrogen (secondary N) is 1. The molecule has 0 aliphatic carbocycles. The van der Waals surface area contributed by atoms with Crippen LogP contribution in [0.4, 0.5) is 0 Å². The Morgan fingerprint density at radius 1 is 0.905 bits per heavy atom. The summed E-state index contributed by atoms with van der Waals surface area (Å²) in [6, 6.07) is 22.5. The minimum absolute atomic E-state index is 0.382. The first-order valence-corrected chi connectivity index (χ1v) is 6.95. The lowest BCUT2D eigenvalue weighted by Crippen LogP contribution is -2.48. The van der Waals surface area contributed by atoms with E-state index in [2.05, 4.69) is 17.3 Å². The molecule has 0 fully saturated rings. The lowest BCUT2D eigenvalue weighted by molar-refractivity contribution is 0.428. The fourth-order valence-electron chi connectivity index (χ4n) is 2.41. The Kier molecular flexibility index (Phi) is 5.16. The first-order valence-electron chi connectivity index (χ1n) is 6.95. The molecule has 2 heteroatoms. The molecule has 2 aromatic rings. The van der Waals surface area contributed by atoms with Crippen LogP contribution in [0.1, 0.15) is 11.1 Å². The lowest BCUT2D eigenvalue weighted by Gasteiger charge is -2.27. The van der Waals surface area contributed by atoms with E-state index < -0.39 is 5.54 Å². The molecule has 21 heavy (non-hydrogen) atoms. The third-order valence-electron chi connectivity index (χ3n) is 3.44. The van der Waals surface area contributed by atoms with E-state index in [0.717, 1.165) is 11.1 Å². The largest absolute Gasteiger partial charge is 0.288 e. The monoisotopic (exact) mass is 274 g/mol. The van der Waals surface area contributed by atoms with E-state index >= 15 is 0 Å². The minimum Gasteiger partial charge on any atom is -0.288 e. The Balaban J connectivity index is 2.25. The average Bonchev–Trinajstić information content (AvgIpc) is 2.54. The van der Waals surface area contributed by atoms with Crippen LogP contribution in [0.5, 0.6) is 0 Å². The summed E-state index contributed by atoms with van der Waals surface area (Å²) in [4.78, 5) is 0. The second-order valence-corrected chi connectivity index (χ2v) is 5.08. The van der Waals surface area contributed by atoms with Crippen molar-refractivity contribution in [2.24, 2.45) is 0 Å². The van der Waals surface area contributed by atoms with Gasteiger partial charge in [-0.05, 0) is 11.1 Å². The van der Waals surface area contributed by atoms with Gasteiger partial charge in [0.05, 0.1) is 12.6 Å². The SMILES string of the molecule is C#CCNC(C#N)(Cc1ccccc1)Cc1ccccc1. The number of hydrogen-bond donors (Lipinski definition) is 1. The first-order chi connectivity index (χ1) is 10.3. The summed E-state index contributed by atoms with van der Waals surface area (Å²) in [5.41, 5.74) is 1.56. The van der Waals surface area contributed by atoms with Crippen LogP contribution in [-0.4, -0.2) is 12.1 Å². The molecule has 0 unspecified atom stereocenters. The lowest BCUT2D eigenvalue weighted by atomic mass is 9.86. The highest BCUT2D eigenvalue weighted by Gasteiger charge is 2.29. The molecular formula is C19H18N2. The number of nitrogens with zero attached hydrogens (tertiary/aromatic N) is 1. The standard InChI is InChI=1S/C19H18N2/c1-2-13-21-19(16-20,14-17-9-5-3-6-10-17)15-18-11-7-4-8-12-18/h1,3-12,21H,13-15H2. The van der Waals surface area contributed by atoms with Gasteiger partial charge in [-0.3, -0.25) is 5.32 Å². The van der Waals surface area contributed by atoms with Gasteiger partial charge in [0.15, 0.2) is 0 Å². The minimum atomic E-state index is -0.685. The van der Waals surface area contributed by atoms with E-state index in [1.165, 1.54) is 0 Å². The van der Waals surface area contributed by atoms with Crippen LogP contribution in [-0.2, 0) is 12.8 Å². The van der Waals surface area contributed by atoms with Crippen molar-refractivity contribution in [1.29, 1.82) is 5.26 Å². The van der Waals surface area contributed by atoms with E-state index in [4.69, 9.17) is 6.42 Å². The van der Waals surface area contributed by atoms with Crippen molar-refractivity contribution in [1.82, 2.24) is 5.32 Å². The van der Waals surface area contributed by atoms with Gasteiger partial charge in [0.25, 0.3) is 0 Å². The summed E-state index contributed by atoms with van der Waals surface area (Å²) in [5.74, 6) is 2.57. The number of terminal acetylenes is 1. The summed E-state index contributed by atoms with van der Waals surface area (Å²) < 4.78 is 0. The van der Waals surface area contributed by atoms with E-state index in [9.17, 15) is 5.26 Å². The second-order valence-electron chi connectivity index (χ2n) is 5.08. The van der Waals surface area contributed by atoms with E-state index in [-0.39, 0.29) is 0 Å². The molecule has 0 radical (unpaired) electrons. The number of hydrogen-bond acceptors (Lipinski definition) is 2. The Bertz CT molecular complexity index is 591. The van der Waals surface area contributed by atoms with Crippen molar-refractivity contribution in [3.8, 4) is 18.4 Å². The molecule has 0 spiro atoms. The second kappa shape index (κ2) is 7.29. The van der Waals surface area contributed by atoms with Gasteiger partial charge < -0.3 is 0 Å². The highest BCUT2D eigenvalue weighted by atomic mass is 15.0. The van der Waals surface area contributed by atoms with Gasteiger partial charge in [-0.2, -0.15) is 5.26 Å². The summed E-state index contributed by atoms with van der Waals surface area (Å²) in [6.07, 6.45) is 6.61. The molecule has 2 nitrogen and oxygen atoms in total. The maximum atomic E-state index is 9.74. The summed E-state index contributed by atoms with van der Waals surface area (Å²) in [5, 5.41) is 13.0. The molecule has 104 valence electrons. The predicted molar refractivity (Wildman–Crippen MR) is 85.5 cm³/mol. The molecule has 0 saturated carbocycles. The topological polar surface area (TPSA) is 35.8 Å². The van der Waals surface area contributed by atoms with Crippen molar-refractivity contribution in [2.75, 3.05) is 6.54 Å². The summed E-state index contributed by atoms with van der Waals surface area (Å²) >= 11 is 0. The van der Waals surface area contributed by atoms with Crippen LogP contribution in [0.15, 0.2) is 60.7 Å². The third-order valence-corrected chi connectivity index (χ3v) is 3.44. The zero-order valence-electron chi connectivity index (χ0n) is 11.9. The Morgan fingerprint density at radius 3 is 1.76 bits per heavy atom. The van der Waals surface area contributed by atoms with Gasteiger partial charge in [0, 0.05) is 12.8 Å². The van der Waals surface area contributed by atoms with Gasteiger partial charge in [0.2, 0.25) is 0 Å². The van der Waals surface area contributed by atoms with Crippen molar-refractivity contribution >= 4 is 0 Å². The highest BCUT2D eigenvalue weighted by Crippen LogP contribution is 2.19. The average molecular weight is 274 g/mol. The van der Waals surface area contributed by atoms with Crippen LogP contribution < -0.4 is 5.32 Å². The quantitative estimate of drug-likeness (QED) is 0.822. The van der Waals surface area contributed by atoms with Gasteiger partial charge in [0.1, 0.15) is 5.54 Å². The third kappa shape index (κ3) is 4.21. The fourth-order valence-corrected chi connectivity index (χ4v) is 2.41. The molecule has 0 saturated heterocycles. The number of nitriles is 1. The molecule has 0 aliphatic rings. The van der Waals surface area contributed by atoms with Crippen LogP contribution in [0.2, 0.25) is 0 Å². The molecule has 2 aromatic carbocycles. The van der Waals surface area contributed by atoms with Crippen molar-refractivity contribution in [3.63, 3.8) is 0 Å². The fraction of sp³-hybridized carbons (Fsp3) is 0.211. The van der Waals surface area contributed by atoms with Gasteiger partial charge in [-0.1, -0.05) is 66.6 Å². The molecule has 0 heterocycles. The Hall–Kier alpha value is -2.55.